The summed E-state index contributed by atoms with van der Waals surface area (Å²) in [5, 5.41) is 0. The van der Waals surface area contributed by atoms with E-state index in [1.165, 1.54) is 6.07 Å². The fourth-order valence-electron chi connectivity index (χ4n) is 2.00. The summed E-state index contributed by atoms with van der Waals surface area (Å²) in [6, 6.07) is 3.82. The number of benzene rings is 1. The predicted octanol–water partition coefficient (Wildman–Crippen LogP) is 4.28. The minimum Gasteiger partial charge on any atom is -0.397 e. The van der Waals surface area contributed by atoms with Crippen molar-refractivity contribution >= 4 is 9.28 Å². The molecule has 0 spiro atoms. The zero-order valence-corrected chi connectivity index (χ0v) is 14.5. The molecule has 0 aromatic heterocycles. The van der Waals surface area contributed by atoms with Crippen molar-refractivity contribution in [2.45, 2.75) is 38.3 Å². The Labute approximate surface area is 141 Å². The lowest BCUT2D eigenvalue weighted by Gasteiger charge is -2.27. The molecule has 0 radical (unpaired) electrons. The van der Waals surface area contributed by atoms with Gasteiger partial charge in [0.15, 0.2) is 0 Å². The lowest BCUT2D eigenvalue weighted by atomic mass is 10.1. The molecule has 0 amide bonds. The van der Waals surface area contributed by atoms with Crippen LogP contribution in [0.1, 0.15) is 25.0 Å². The van der Waals surface area contributed by atoms with Crippen molar-refractivity contribution in [3.05, 3.63) is 35.4 Å². The van der Waals surface area contributed by atoms with Gasteiger partial charge in [0, 0.05) is 24.8 Å². The second kappa shape index (κ2) is 8.47. The summed E-state index contributed by atoms with van der Waals surface area (Å²) in [7, 11) is -2.26. The summed E-state index contributed by atoms with van der Waals surface area (Å²) < 4.78 is 103. The Bertz CT molecular complexity index is 545. The molecular formula is C14H17F7O3Si. The van der Waals surface area contributed by atoms with Gasteiger partial charge in [0.1, 0.15) is 0 Å². The Balaban J connectivity index is 3.05. The third kappa shape index (κ3) is 6.24. The SMILES string of the molecule is CCO[SiH](Cc1cccc(C(F)(F)C(F)(F)OC(F)(F)F)c1)OCC. The van der Waals surface area contributed by atoms with Crippen molar-refractivity contribution in [1.29, 1.82) is 0 Å². The van der Waals surface area contributed by atoms with E-state index in [-0.39, 0.29) is 11.6 Å². The zero-order chi connectivity index (χ0) is 19.3. The maximum atomic E-state index is 13.9. The summed E-state index contributed by atoms with van der Waals surface area (Å²) in [6.07, 6.45) is -11.7. The molecule has 0 atom stereocenters. The fourth-order valence-corrected chi connectivity index (χ4v) is 3.72. The highest BCUT2D eigenvalue weighted by molar-refractivity contribution is 6.43. The van der Waals surface area contributed by atoms with Crippen LogP contribution >= 0.6 is 0 Å². The number of hydrogen-bond acceptors (Lipinski definition) is 3. The van der Waals surface area contributed by atoms with Crippen LogP contribution in [0, 0.1) is 0 Å². The highest BCUT2D eigenvalue weighted by atomic mass is 28.3. The first kappa shape index (κ1) is 21.9. The van der Waals surface area contributed by atoms with Gasteiger partial charge in [-0.25, -0.2) is 4.74 Å². The molecular weight excluding hydrogens is 377 g/mol. The molecule has 0 aliphatic rings. The molecule has 0 heterocycles. The van der Waals surface area contributed by atoms with Crippen LogP contribution in [-0.2, 0) is 25.6 Å². The van der Waals surface area contributed by atoms with Gasteiger partial charge in [-0.3, -0.25) is 0 Å². The molecule has 25 heavy (non-hydrogen) atoms. The van der Waals surface area contributed by atoms with Crippen molar-refractivity contribution < 1.29 is 44.3 Å². The van der Waals surface area contributed by atoms with E-state index in [1.807, 2.05) is 0 Å². The van der Waals surface area contributed by atoms with Gasteiger partial charge in [0.2, 0.25) is 0 Å². The fraction of sp³-hybridized carbons (Fsp3) is 0.571. The van der Waals surface area contributed by atoms with Crippen LogP contribution in [-0.4, -0.2) is 35.0 Å². The molecule has 11 heteroatoms. The second-order valence-electron chi connectivity index (χ2n) is 4.88. The van der Waals surface area contributed by atoms with E-state index < -0.39 is 33.2 Å². The molecule has 1 aromatic carbocycles. The van der Waals surface area contributed by atoms with E-state index in [0.717, 1.165) is 6.07 Å². The van der Waals surface area contributed by atoms with Gasteiger partial charge in [-0.15, -0.1) is 13.2 Å². The summed E-state index contributed by atoms with van der Waals surface area (Å²) >= 11 is 0. The van der Waals surface area contributed by atoms with Gasteiger partial charge in [-0.2, -0.15) is 17.6 Å². The van der Waals surface area contributed by atoms with Crippen molar-refractivity contribution in [2.24, 2.45) is 0 Å². The van der Waals surface area contributed by atoms with Gasteiger partial charge in [0.05, 0.1) is 0 Å². The first-order valence-corrected chi connectivity index (χ1v) is 9.04. The van der Waals surface area contributed by atoms with E-state index in [4.69, 9.17) is 8.85 Å². The number of ether oxygens (including phenoxy) is 1. The number of alkyl halides is 7. The molecule has 0 aliphatic carbocycles. The largest absolute Gasteiger partial charge is 0.527 e. The molecule has 3 nitrogen and oxygen atoms in total. The number of hydrogen-bond donors (Lipinski definition) is 0. The van der Waals surface area contributed by atoms with Crippen molar-refractivity contribution in [3.63, 3.8) is 0 Å². The van der Waals surface area contributed by atoms with E-state index in [2.05, 4.69) is 4.74 Å². The molecule has 0 bridgehead atoms. The lowest BCUT2D eigenvalue weighted by molar-refractivity contribution is -0.469. The normalized spacial score (nSPS) is 13.5. The van der Waals surface area contributed by atoms with Crippen LogP contribution in [0.2, 0.25) is 0 Å². The van der Waals surface area contributed by atoms with Gasteiger partial charge in [-0.05, 0) is 25.5 Å². The second-order valence-corrected chi connectivity index (χ2v) is 6.82. The monoisotopic (exact) mass is 394 g/mol. The van der Waals surface area contributed by atoms with Crippen LogP contribution in [0.3, 0.4) is 0 Å². The molecule has 1 aromatic rings. The standard InChI is InChI=1S/C14H17F7O3Si/c1-3-22-25(23-4-2)9-10-6-5-7-11(8-10)12(15,16)13(17,18)24-14(19,20)21/h5-8,25H,3-4,9H2,1-2H3. The third-order valence-electron chi connectivity index (χ3n) is 3.01. The topological polar surface area (TPSA) is 27.7 Å². The Kier molecular flexibility index (Phi) is 7.41. The van der Waals surface area contributed by atoms with Gasteiger partial charge in [0.25, 0.3) is 0 Å². The van der Waals surface area contributed by atoms with Gasteiger partial charge < -0.3 is 8.85 Å². The summed E-state index contributed by atoms with van der Waals surface area (Å²) in [4.78, 5) is 0. The third-order valence-corrected chi connectivity index (χ3v) is 5.22. The molecule has 0 saturated heterocycles. The first-order valence-electron chi connectivity index (χ1n) is 7.28. The molecule has 0 N–H and O–H groups in total. The van der Waals surface area contributed by atoms with Crippen molar-refractivity contribution in [1.82, 2.24) is 0 Å². The van der Waals surface area contributed by atoms with Crippen LogP contribution in [0.25, 0.3) is 0 Å². The van der Waals surface area contributed by atoms with E-state index >= 15 is 0 Å². The minimum absolute atomic E-state index is 0.0945. The van der Waals surface area contributed by atoms with Crippen LogP contribution in [0.15, 0.2) is 24.3 Å². The maximum Gasteiger partial charge on any atom is 0.527 e. The first-order chi connectivity index (χ1) is 11.4. The average molecular weight is 394 g/mol. The van der Waals surface area contributed by atoms with Gasteiger partial charge in [-0.1, -0.05) is 18.2 Å². The van der Waals surface area contributed by atoms with E-state index in [1.54, 1.807) is 13.8 Å². The van der Waals surface area contributed by atoms with Gasteiger partial charge >= 0.3 is 27.7 Å². The quantitative estimate of drug-likeness (QED) is 0.462. The lowest BCUT2D eigenvalue weighted by Crippen LogP contribution is -2.44. The van der Waals surface area contributed by atoms with Crippen LogP contribution in [0.4, 0.5) is 30.7 Å². The highest BCUT2D eigenvalue weighted by Crippen LogP contribution is 2.46. The molecule has 1 rings (SSSR count). The Morgan fingerprint density at radius 3 is 1.96 bits per heavy atom. The predicted molar refractivity (Wildman–Crippen MR) is 76.5 cm³/mol. The molecule has 0 unspecified atom stereocenters. The van der Waals surface area contributed by atoms with Crippen molar-refractivity contribution in [3.8, 4) is 0 Å². The summed E-state index contributed by atoms with van der Waals surface area (Å²) in [6.45, 7) is 4.06. The molecule has 0 saturated carbocycles. The maximum absolute atomic E-state index is 13.9. The Morgan fingerprint density at radius 1 is 0.920 bits per heavy atom. The number of rotatable bonds is 9. The zero-order valence-electron chi connectivity index (χ0n) is 13.4. The van der Waals surface area contributed by atoms with Crippen LogP contribution < -0.4 is 0 Å². The smallest absolute Gasteiger partial charge is 0.397 e. The highest BCUT2D eigenvalue weighted by Gasteiger charge is 2.63. The molecule has 0 aliphatic heterocycles. The Morgan fingerprint density at radius 2 is 1.48 bits per heavy atom. The van der Waals surface area contributed by atoms with E-state index in [9.17, 15) is 30.7 Å². The summed E-state index contributed by atoms with van der Waals surface area (Å²) in [5.41, 5.74) is -1.10. The molecule has 0 fully saturated rings. The Hall–Kier alpha value is -1.17. The van der Waals surface area contributed by atoms with E-state index in [0.29, 0.717) is 25.3 Å². The van der Waals surface area contributed by atoms with Crippen LogP contribution in [0.5, 0.6) is 0 Å². The molecule has 144 valence electrons. The summed E-state index contributed by atoms with van der Waals surface area (Å²) in [5.74, 6) is -5.17. The average Bonchev–Trinajstić information content (AvgIpc) is 2.45. The van der Waals surface area contributed by atoms with Crippen molar-refractivity contribution in [2.75, 3.05) is 13.2 Å². The minimum atomic E-state index is -5.91. The number of halogens is 7.